The van der Waals surface area contributed by atoms with Gasteiger partial charge in [0.25, 0.3) is 0 Å². The maximum Gasteiger partial charge on any atom is 0.243 e. The maximum atomic E-state index is 13.9. The van der Waals surface area contributed by atoms with Crippen LogP contribution in [0, 0.1) is 17.6 Å². The van der Waals surface area contributed by atoms with Crippen LogP contribution in [0.4, 0.5) is 8.78 Å². The van der Waals surface area contributed by atoms with E-state index in [2.05, 4.69) is 33.1 Å². The Morgan fingerprint density at radius 1 is 1.03 bits per heavy atom. The standard InChI is InChI=1S/C26H33F2N5O/c1-4-31-9-11-32(12-10-31)16-20-8-6-5-7-19(20)15-29-26(34)25(18(2)3)33-17-30-23-13-21(27)22(28)14-24(23)33/h5-8,13-14,17-18,25H,4,9-12,15-16H2,1-3H3,(H,29,34). The second-order valence-corrected chi connectivity index (χ2v) is 9.29. The number of imidazole rings is 1. The Kier molecular flexibility index (Phi) is 7.58. The number of halogens is 2. The zero-order valence-electron chi connectivity index (χ0n) is 20.1. The predicted molar refractivity (Wildman–Crippen MR) is 129 cm³/mol. The molecule has 6 nitrogen and oxygen atoms in total. The van der Waals surface area contributed by atoms with Gasteiger partial charge in [-0.25, -0.2) is 13.8 Å². The fourth-order valence-corrected chi connectivity index (χ4v) is 4.67. The summed E-state index contributed by atoms with van der Waals surface area (Å²) >= 11 is 0. The van der Waals surface area contributed by atoms with Crippen LogP contribution >= 0.6 is 0 Å². The van der Waals surface area contributed by atoms with Crippen molar-refractivity contribution < 1.29 is 13.6 Å². The molecule has 2 heterocycles. The molecule has 0 spiro atoms. The number of fused-ring (bicyclic) bond motifs is 1. The number of nitrogens with zero attached hydrogens (tertiary/aromatic N) is 4. The minimum atomic E-state index is -0.953. The molecule has 8 heteroatoms. The Morgan fingerprint density at radius 3 is 2.35 bits per heavy atom. The molecule has 0 aliphatic carbocycles. The summed E-state index contributed by atoms with van der Waals surface area (Å²) in [5, 5.41) is 3.07. The molecule has 1 amide bonds. The largest absolute Gasteiger partial charge is 0.350 e. The summed E-state index contributed by atoms with van der Waals surface area (Å²) in [5.41, 5.74) is 3.02. The lowest BCUT2D eigenvalue weighted by Gasteiger charge is -2.34. The number of benzene rings is 2. The summed E-state index contributed by atoms with van der Waals surface area (Å²) < 4.78 is 29.2. The van der Waals surface area contributed by atoms with E-state index in [-0.39, 0.29) is 11.8 Å². The minimum absolute atomic E-state index is 0.0735. The molecule has 0 radical (unpaired) electrons. The van der Waals surface area contributed by atoms with Gasteiger partial charge in [0.2, 0.25) is 5.91 Å². The highest BCUT2D eigenvalue weighted by atomic mass is 19.2. The Morgan fingerprint density at radius 2 is 1.68 bits per heavy atom. The van der Waals surface area contributed by atoms with Crippen molar-refractivity contribution >= 4 is 16.9 Å². The number of rotatable bonds is 8. The third-order valence-electron chi connectivity index (χ3n) is 6.69. The second kappa shape index (κ2) is 10.6. The number of hydrogen-bond acceptors (Lipinski definition) is 4. The summed E-state index contributed by atoms with van der Waals surface area (Å²) in [7, 11) is 0. The van der Waals surface area contributed by atoms with Crippen molar-refractivity contribution in [1.82, 2.24) is 24.7 Å². The Hall–Kier alpha value is -2.84. The molecular formula is C26H33F2N5O. The van der Waals surface area contributed by atoms with Gasteiger partial charge in [-0.05, 0) is 23.6 Å². The molecule has 3 aromatic rings. The fourth-order valence-electron chi connectivity index (χ4n) is 4.67. The molecule has 1 aliphatic rings. The van der Waals surface area contributed by atoms with Crippen LogP contribution in [-0.4, -0.2) is 58.0 Å². The summed E-state index contributed by atoms with van der Waals surface area (Å²) in [6.45, 7) is 12.6. The van der Waals surface area contributed by atoms with Crippen LogP contribution in [0.25, 0.3) is 11.0 Å². The fraction of sp³-hybridized carbons (Fsp3) is 0.462. The van der Waals surface area contributed by atoms with Gasteiger partial charge in [-0.2, -0.15) is 0 Å². The third-order valence-corrected chi connectivity index (χ3v) is 6.69. The van der Waals surface area contributed by atoms with Crippen molar-refractivity contribution in [3.8, 4) is 0 Å². The van der Waals surface area contributed by atoms with Gasteiger partial charge in [-0.15, -0.1) is 0 Å². The normalized spacial score (nSPS) is 16.3. The summed E-state index contributed by atoms with van der Waals surface area (Å²) in [6, 6.07) is 9.76. The van der Waals surface area contributed by atoms with Crippen molar-refractivity contribution in [2.75, 3.05) is 32.7 Å². The summed E-state index contributed by atoms with van der Waals surface area (Å²) in [4.78, 5) is 22.4. The Bertz CT molecular complexity index is 1140. The lowest BCUT2D eigenvalue weighted by molar-refractivity contribution is -0.125. The molecule has 0 bridgehead atoms. The van der Waals surface area contributed by atoms with Crippen molar-refractivity contribution in [3.63, 3.8) is 0 Å². The number of likely N-dealkylation sites (N-methyl/N-ethyl adjacent to an activating group) is 1. The number of aromatic nitrogens is 2. The number of carbonyl (C=O) groups is 1. The van der Waals surface area contributed by atoms with Crippen molar-refractivity contribution in [1.29, 1.82) is 0 Å². The lowest BCUT2D eigenvalue weighted by Crippen LogP contribution is -2.45. The van der Waals surface area contributed by atoms with Crippen molar-refractivity contribution in [2.45, 2.75) is 39.9 Å². The third kappa shape index (κ3) is 5.28. The molecule has 1 N–H and O–H groups in total. The molecule has 4 rings (SSSR count). The molecule has 0 saturated carbocycles. The van der Waals surface area contributed by atoms with Crippen LogP contribution in [0.5, 0.6) is 0 Å². The molecule has 1 unspecified atom stereocenters. The van der Waals surface area contributed by atoms with Gasteiger partial charge in [-0.1, -0.05) is 45.0 Å². The van der Waals surface area contributed by atoms with E-state index in [1.165, 1.54) is 11.9 Å². The SMILES string of the molecule is CCN1CCN(Cc2ccccc2CNC(=O)C(C(C)C)n2cnc3cc(F)c(F)cc32)CC1. The first-order valence-electron chi connectivity index (χ1n) is 12.0. The molecule has 34 heavy (non-hydrogen) atoms. The summed E-state index contributed by atoms with van der Waals surface area (Å²) in [6.07, 6.45) is 1.48. The molecule has 1 atom stereocenters. The van der Waals surface area contributed by atoms with E-state index in [9.17, 15) is 13.6 Å². The average molecular weight is 470 g/mol. The molecular weight excluding hydrogens is 436 g/mol. The highest BCUT2D eigenvalue weighted by molar-refractivity contribution is 5.84. The van der Waals surface area contributed by atoms with E-state index >= 15 is 0 Å². The summed E-state index contributed by atoms with van der Waals surface area (Å²) in [5.74, 6) is -2.15. The number of carbonyl (C=O) groups excluding carboxylic acids is 1. The first-order chi connectivity index (χ1) is 16.4. The van der Waals surface area contributed by atoms with Crippen LogP contribution in [0.15, 0.2) is 42.7 Å². The van der Waals surface area contributed by atoms with E-state index in [0.717, 1.165) is 57.0 Å². The van der Waals surface area contributed by atoms with Gasteiger partial charge in [0.15, 0.2) is 11.6 Å². The van der Waals surface area contributed by atoms with Gasteiger partial charge in [0.1, 0.15) is 6.04 Å². The van der Waals surface area contributed by atoms with Crippen LogP contribution in [-0.2, 0) is 17.9 Å². The van der Waals surface area contributed by atoms with E-state index in [1.807, 2.05) is 32.0 Å². The van der Waals surface area contributed by atoms with Gasteiger partial charge < -0.3 is 14.8 Å². The van der Waals surface area contributed by atoms with E-state index in [4.69, 9.17) is 0 Å². The molecule has 1 saturated heterocycles. The molecule has 1 aliphatic heterocycles. The van der Waals surface area contributed by atoms with Crippen molar-refractivity contribution in [3.05, 3.63) is 65.5 Å². The molecule has 1 fully saturated rings. The van der Waals surface area contributed by atoms with E-state index in [0.29, 0.717) is 17.6 Å². The molecule has 182 valence electrons. The average Bonchev–Trinajstić information content (AvgIpc) is 3.21. The van der Waals surface area contributed by atoms with Crippen LogP contribution in [0.3, 0.4) is 0 Å². The van der Waals surface area contributed by atoms with Crippen LogP contribution in [0.2, 0.25) is 0 Å². The zero-order chi connectivity index (χ0) is 24.2. The highest BCUT2D eigenvalue weighted by Crippen LogP contribution is 2.26. The monoisotopic (exact) mass is 469 g/mol. The van der Waals surface area contributed by atoms with E-state index in [1.54, 1.807) is 4.57 Å². The molecule has 2 aromatic carbocycles. The number of nitrogens with one attached hydrogen (secondary N) is 1. The lowest BCUT2D eigenvalue weighted by atomic mass is 10.0. The number of hydrogen-bond donors (Lipinski definition) is 1. The van der Waals surface area contributed by atoms with Crippen molar-refractivity contribution in [2.24, 2.45) is 5.92 Å². The number of piperazine rings is 1. The predicted octanol–water partition coefficient (Wildman–Crippen LogP) is 3.97. The molecule has 1 aromatic heterocycles. The van der Waals surface area contributed by atoms with Crippen LogP contribution in [0.1, 0.15) is 37.9 Å². The Balaban J connectivity index is 1.47. The Labute approximate surface area is 199 Å². The van der Waals surface area contributed by atoms with Gasteiger partial charge in [-0.3, -0.25) is 9.69 Å². The van der Waals surface area contributed by atoms with Gasteiger partial charge in [0.05, 0.1) is 17.4 Å². The second-order valence-electron chi connectivity index (χ2n) is 9.29. The first-order valence-corrected chi connectivity index (χ1v) is 12.0. The van der Waals surface area contributed by atoms with Gasteiger partial charge >= 0.3 is 0 Å². The minimum Gasteiger partial charge on any atom is -0.350 e. The maximum absolute atomic E-state index is 13.9. The quantitative estimate of drug-likeness (QED) is 0.543. The first kappa shape index (κ1) is 24.3. The smallest absolute Gasteiger partial charge is 0.243 e. The highest BCUT2D eigenvalue weighted by Gasteiger charge is 2.26. The topological polar surface area (TPSA) is 53.4 Å². The van der Waals surface area contributed by atoms with E-state index < -0.39 is 17.7 Å². The number of amides is 1. The van der Waals surface area contributed by atoms with Gasteiger partial charge in [0, 0.05) is 51.4 Å². The zero-order valence-corrected chi connectivity index (χ0v) is 20.1. The van der Waals surface area contributed by atoms with Crippen LogP contribution < -0.4 is 5.32 Å².